The molecule has 0 aromatic carbocycles. The fourth-order valence-electron chi connectivity index (χ4n) is 2.75. The first-order valence-corrected chi connectivity index (χ1v) is 8.94. The van der Waals surface area contributed by atoms with Crippen LogP contribution in [0.15, 0.2) is 0 Å². The third-order valence-corrected chi connectivity index (χ3v) is 4.23. The molecule has 0 aromatic heterocycles. The van der Waals surface area contributed by atoms with Crippen molar-refractivity contribution in [3.63, 3.8) is 0 Å². The minimum atomic E-state index is 0. The molecule has 0 amide bonds. The number of unbranched alkanes of at least 4 members (excludes halogenated alkanes) is 10. The topological polar surface area (TPSA) is 0 Å². The summed E-state index contributed by atoms with van der Waals surface area (Å²) in [6, 6.07) is 0. The highest BCUT2D eigenvalue weighted by Gasteiger charge is 2.13. The van der Waals surface area contributed by atoms with Crippen molar-refractivity contribution in [2.75, 3.05) is 27.2 Å². The van der Waals surface area contributed by atoms with Crippen LogP contribution in [0.2, 0.25) is 0 Å². The van der Waals surface area contributed by atoms with Crippen LogP contribution in [0.5, 0.6) is 0 Å². The van der Waals surface area contributed by atoms with E-state index in [2.05, 4.69) is 27.9 Å². The Morgan fingerprint density at radius 1 is 0.524 bits per heavy atom. The highest BCUT2D eigenvalue weighted by Crippen LogP contribution is 2.11. The summed E-state index contributed by atoms with van der Waals surface area (Å²) in [6.45, 7) is 7.34. The van der Waals surface area contributed by atoms with Crippen molar-refractivity contribution < 1.29 is 4.48 Å². The van der Waals surface area contributed by atoms with Gasteiger partial charge in [-0.15, -0.1) is 29.4 Å². The van der Waals surface area contributed by atoms with Gasteiger partial charge in [-0.1, -0.05) is 65.2 Å². The van der Waals surface area contributed by atoms with Gasteiger partial charge in [0, 0.05) is 0 Å². The van der Waals surface area contributed by atoms with Gasteiger partial charge in [0.05, 0.1) is 27.2 Å². The van der Waals surface area contributed by atoms with E-state index in [-0.39, 0.29) is 29.4 Å². The molecule has 0 aliphatic heterocycles. The van der Waals surface area contributed by atoms with Gasteiger partial charge in [-0.3, -0.25) is 0 Å². The average molecular weight is 388 g/mol. The van der Waals surface area contributed by atoms with Crippen LogP contribution < -0.4 is 0 Å². The Bertz CT molecular complexity index is 168. The van der Waals surface area contributed by atoms with Gasteiger partial charge in [0.25, 0.3) is 0 Å². The molecule has 0 aliphatic carbocycles. The van der Waals surface area contributed by atoms with Gasteiger partial charge in [0.1, 0.15) is 0 Å². The predicted molar refractivity (Wildman–Crippen MR) is 106 cm³/mol. The van der Waals surface area contributed by atoms with Crippen molar-refractivity contribution in [3.05, 3.63) is 0 Å². The first-order chi connectivity index (χ1) is 9.12. The van der Waals surface area contributed by atoms with Gasteiger partial charge in [0.15, 0.2) is 0 Å². The highest BCUT2D eigenvalue weighted by atomic mass is 79.9. The van der Waals surface area contributed by atoms with Gasteiger partial charge in [-0.2, -0.15) is 0 Å². The first kappa shape index (κ1) is 26.6. The maximum atomic E-state index is 2.41. The number of nitrogens with zero attached hydrogens (tertiary/aromatic N) is 1. The molecule has 0 aromatic rings. The van der Waals surface area contributed by atoms with Crippen molar-refractivity contribution >= 4 is 29.4 Å². The Morgan fingerprint density at radius 3 is 1.14 bits per heavy atom. The predicted octanol–water partition coefficient (Wildman–Crippen LogP) is 6.78. The Hall–Kier alpha value is 0.730. The number of halogens is 2. The number of hydrogen-bond acceptors (Lipinski definition) is 0. The van der Waals surface area contributed by atoms with Crippen LogP contribution in [-0.4, -0.2) is 31.7 Å². The normalized spacial score (nSPS) is 10.9. The van der Waals surface area contributed by atoms with Crippen LogP contribution in [-0.2, 0) is 0 Å². The zero-order chi connectivity index (χ0) is 14.4. The van der Waals surface area contributed by atoms with Crippen LogP contribution in [0.4, 0.5) is 0 Å². The molecule has 3 heteroatoms. The van der Waals surface area contributed by atoms with Crippen LogP contribution in [0.25, 0.3) is 0 Å². The van der Waals surface area contributed by atoms with Crippen molar-refractivity contribution in [2.45, 2.75) is 90.9 Å². The largest absolute Gasteiger partial charge is 0.328 e. The maximum Gasteiger partial charge on any atom is 0.0782 e. The molecule has 0 N–H and O–H groups in total. The van der Waals surface area contributed by atoms with Crippen LogP contribution in [0, 0.1) is 0 Å². The molecule has 0 unspecified atom stereocenters. The first-order valence-electron chi connectivity index (χ1n) is 8.94. The molecule has 21 heavy (non-hydrogen) atoms. The summed E-state index contributed by atoms with van der Waals surface area (Å²) in [5, 5.41) is 0. The minimum absolute atomic E-state index is 0. The van der Waals surface area contributed by atoms with Gasteiger partial charge in [-0.05, 0) is 25.7 Å². The number of quaternary nitrogens is 1. The quantitative estimate of drug-likeness (QED) is 0.227. The van der Waals surface area contributed by atoms with E-state index in [9.17, 15) is 0 Å². The monoisotopic (exact) mass is 386 g/mol. The van der Waals surface area contributed by atoms with E-state index in [1.165, 1.54) is 94.6 Å². The van der Waals surface area contributed by atoms with Gasteiger partial charge in [0.2, 0.25) is 0 Å². The summed E-state index contributed by atoms with van der Waals surface area (Å²) in [7, 11) is 4.83. The average Bonchev–Trinajstić information content (AvgIpc) is 2.38. The second-order valence-electron chi connectivity index (χ2n) is 6.92. The lowest BCUT2D eigenvalue weighted by atomic mass is 10.1. The summed E-state index contributed by atoms with van der Waals surface area (Å²) in [6.07, 6.45) is 17.1. The number of hydrogen-bond donors (Lipinski definition) is 0. The van der Waals surface area contributed by atoms with Crippen molar-refractivity contribution in [2.24, 2.45) is 0 Å². The van der Waals surface area contributed by atoms with Crippen molar-refractivity contribution in [1.82, 2.24) is 0 Å². The SMILES string of the molecule is Br.CCCCCCCC[N+](C)(C)CCCCCCCC.Cl. The lowest BCUT2D eigenvalue weighted by molar-refractivity contribution is -0.890. The van der Waals surface area contributed by atoms with Gasteiger partial charge < -0.3 is 4.48 Å². The summed E-state index contributed by atoms with van der Waals surface area (Å²) in [5.74, 6) is 0. The lowest BCUT2D eigenvalue weighted by Gasteiger charge is -2.30. The molecular weight excluding hydrogens is 346 g/mol. The van der Waals surface area contributed by atoms with Crippen molar-refractivity contribution in [1.29, 1.82) is 0 Å². The highest BCUT2D eigenvalue weighted by molar-refractivity contribution is 8.93. The summed E-state index contributed by atoms with van der Waals surface area (Å²) < 4.78 is 1.24. The molecule has 1 nitrogen and oxygen atoms in total. The fraction of sp³-hybridized carbons (Fsp3) is 1.00. The fourth-order valence-corrected chi connectivity index (χ4v) is 2.75. The molecule has 0 fully saturated rings. The Labute approximate surface area is 152 Å². The van der Waals surface area contributed by atoms with Crippen LogP contribution >= 0.6 is 29.4 Å². The van der Waals surface area contributed by atoms with Crippen molar-refractivity contribution in [3.8, 4) is 0 Å². The zero-order valence-electron chi connectivity index (χ0n) is 15.2. The van der Waals surface area contributed by atoms with Crippen LogP contribution in [0.3, 0.4) is 0 Å². The molecule has 0 atom stereocenters. The third-order valence-electron chi connectivity index (χ3n) is 4.23. The van der Waals surface area contributed by atoms with E-state index in [4.69, 9.17) is 0 Å². The smallest absolute Gasteiger partial charge is 0.0782 e. The summed E-state index contributed by atoms with van der Waals surface area (Å²) in [5.41, 5.74) is 0. The van der Waals surface area contributed by atoms with E-state index >= 15 is 0 Å². The van der Waals surface area contributed by atoms with E-state index in [1.807, 2.05) is 0 Å². The van der Waals surface area contributed by atoms with Gasteiger partial charge >= 0.3 is 0 Å². The Balaban J connectivity index is -0.00000162. The minimum Gasteiger partial charge on any atom is -0.328 e. The molecule has 0 aliphatic rings. The molecule has 0 rings (SSSR count). The Kier molecular flexibility index (Phi) is 23.8. The number of rotatable bonds is 14. The van der Waals surface area contributed by atoms with E-state index in [0.29, 0.717) is 0 Å². The standard InChI is InChI=1S/C18H40N.BrH.ClH/c1-5-7-9-11-13-15-17-19(3,4)18-16-14-12-10-8-6-2;;/h5-18H2,1-4H3;2*1H/q+1;;. The molecule has 132 valence electrons. The second kappa shape index (κ2) is 18.8. The van der Waals surface area contributed by atoms with Gasteiger partial charge in [-0.25, -0.2) is 0 Å². The Morgan fingerprint density at radius 2 is 0.810 bits per heavy atom. The molecule has 0 saturated carbocycles. The lowest BCUT2D eigenvalue weighted by Crippen LogP contribution is -2.41. The zero-order valence-corrected chi connectivity index (χ0v) is 17.7. The molecule has 0 saturated heterocycles. The molecule has 0 spiro atoms. The molecule has 0 radical (unpaired) electrons. The summed E-state index contributed by atoms with van der Waals surface area (Å²) >= 11 is 0. The molecule has 0 heterocycles. The van der Waals surface area contributed by atoms with E-state index in [0.717, 1.165) is 0 Å². The van der Waals surface area contributed by atoms with E-state index < -0.39 is 0 Å². The van der Waals surface area contributed by atoms with E-state index in [1.54, 1.807) is 0 Å². The summed E-state index contributed by atoms with van der Waals surface area (Å²) in [4.78, 5) is 0. The second-order valence-corrected chi connectivity index (χ2v) is 6.92. The molecule has 0 bridgehead atoms. The maximum absolute atomic E-state index is 2.41. The third kappa shape index (κ3) is 20.7. The molecular formula is C18H42BrClN+. The van der Waals surface area contributed by atoms with Crippen LogP contribution in [0.1, 0.15) is 90.9 Å².